The molecule has 8 heteroatoms. The smallest absolute Gasteiger partial charge is 0.328 e. The summed E-state index contributed by atoms with van der Waals surface area (Å²) in [5.74, 6) is -1.24. The molecule has 20 heavy (non-hydrogen) atoms. The summed E-state index contributed by atoms with van der Waals surface area (Å²) >= 11 is 1.18. The zero-order valence-electron chi connectivity index (χ0n) is 11.7. The lowest BCUT2D eigenvalue weighted by atomic mass is 10.1. The molecule has 0 aromatic heterocycles. The molecule has 1 aliphatic heterocycles. The molecule has 1 heterocycles. The summed E-state index contributed by atoms with van der Waals surface area (Å²) in [6, 6.07) is 0. The molecule has 0 aliphatic carbocycles. The zero-order chi connectivity index (χ0) is 15.2. The van der Waals surface area contributed by atoms with Crippen LogP contribution in [0.5, 0.6) is 0 Å². The molecule has 1 rings (SSSR count). The summed E-state index contributed by atoms with van der Waals surface area (Å²) in [5.41, 5.74) is -1.30. The standard InChI is InChI=1S/C12H20N2O5S/c1-12(2,11(17)18)13-9(15)7-20-8-10(16)14-3-5-19-6-4-14/h3-8H2,1-2H3,(H,13,15)(H,17,18). The highest BCUT2D eigenvalue weighted by molar-refractivity contribution is 8.00. The summed E-state index contributed by atoms with van der Waals surface area (Å²) in [6.07, 6.45) is 0. The number of morpholine rings is 1. The number of rotatable bonds is 6. The second kappa shape index (κ2) is 7.49. The fraction of sp³-hybridized carbons (Fsp3) is 0.750. The maximum Gasteiger partial charge on any atom is 0.328 e. The van der Waals surface area contributed by atoms with Gasteiger partial charge in [0.25, 0.3) is 0 Å². The summed E-state index contributed by atoms with van der Waals surface area (Å²) in [4.78, 5) is 35.9. The molecule has 0 radical (unpaired) electrons. The van der Waals surface area contributed by atoms with Crippen molar-refractivity contribution in [2.24, 2.45) is 0 Å². The number of carbonyl (C=O) groups excluding carboxylic acids is 2. The highest BCUT2D eigenvalue weighted by Gasteiger charge is 2.28. The molecule has 0 unspecified atom stereocenters. The Kier molecular flexibility index (Phi) is 6.28. The van der Waals surface area contributed by atoms with E-state index in [1.54, 1.807) is 4.90 Å². The SMILES string of the molecule is CC(C)(NC(=O)CSCC(=O)N1CCOCC1)C(=O)O. The van der Waals surface area contributed by atoms with E-state index in [0.29, 0.717) is 26.3 Å². The lowest BCUT2D eigenvalue weighted by Crippen LogP contribution is -2.50. The van der Waals surface area contributed by atoms with E-state index in [9.17, 15) is 14.4 Å². The van der Waals surface area contributed by atoms with Crippen molar-refractivity contribution in [1.82, 2.24) is 10.2 Å². The molecule has 1 aliphatic rings. The van der Waals surface area contributed by atoms with Crippen LogP contribution in [0.4, 0.5) is 0 Å². The average Bonchev–Trinajstić information content (AvgIpc) is 2.38. The summed E-state index contributed by atoms with van der Waals surface area (Å²) in [5, 5.41) is 11.3. The highest BCUT2D eigenvalue weighted by atomic mass is 32.2. The fourth-order valence-corrected chi connectivity index (χ4v) is 2.29. The van der Waals surface area contributed by atoms with E-state index >= 15 is 0 Å². The Morgan fingerprint density at radius 2 is 1.85 bits per heavy atom. The first-order chi connectivity index (χ1) is 9.33. The monoisotopic (exact) mass is 304 g/mol. The van der Waals surface area contributed by atoms with Gasteiger partial charge in [-0.05, 0) is 13.8 Å². The first-order valence-corrected chi connectivity index (χ1v) is 7.46. The quantitative estimate of drug-likeness (QED) is 0.690. The minimum Gasteiger partial charge on any atom is -0.480 e. The minimum atomic E-state index is -1.30. The third-order valence-corrected chi connectivity index (χ3v) is 3.73. The number of carboxylic acids is 1. The molecule has 2 N–H and O–H groups in total. The van der Waals surface area contributed by atoms with Gasteiger partial charge in [0, 0.05) is 13.1 Å². The van der Waals surface area contributed by atoms with E-state index in [0.717, 1.165) is 0 Å². The third-order valence-electron chi connectivity index (χ3n) is 2.81. The highest BCUT2D eigenvalue weighted by Crippen LogP contribution is 2.07. The van der Waals surface area contributed by atoms with E-state index in [4.69, 9.17) is 9.84 Å². The molecule has 2 amide bonds. The van der Waals surface area contributed by atoms with E-state index in [2.05, 4.69) is 5.32 Å². The van der Waals surface area contributed by atoms with Gasteiger partial charge in [-0.2, -0.15) is 0 Å². The lowest BCUT2D eigenvalue weighted by Gasteiger charge is -2.26. The molecular formula is C12H20N2O5S. The Hall–Kier alpha value is -1.28. The van der Waals surface area contributed by atoms with E-state index in [1.807, 2.05) is 0 Å². The van der Waals surface area contributed by atoms with Crippen LogP contribution in [0.3, 0.4) is 0 Å². The van der Waals surface area contributed by atoms with Gasteiger partial charge in [-0.15, -0.1) is 11.8 Å². The number of aliphatic carboxylic acids is 1. The van der Waals surface area contributed by atoms with Gasteiger partial charge in [-0.25, -0.2) is 4.79 Å². The van der Waals surface area contributed by atoms with Crippen molar-refractivity contribution in [3.63, 3.8) is 0 Å². The Bertz CT molecular complexity index is 380. The second-order valence-corrected chi connectivity index (χ2v) is 5.95. The van der Waals surface area contributed by atoms with E-state index in [-0.39, 0.29) is 17.4 Å². The number of ether oxygens (including phenoxy) is 1. The van der Waals surface area contributed by atoms with Crippen LogP contribution in [0.1, 0.15) is 13.8 Å². The zero-order valence-corrected chi connectivity index (χ0v) is 12.5. The van der Waals surface area contributed by atoms with Crippen molar-refractivity contribution in [2.45, 2.75) is 19.4 Å². The van der Waals surface area contributed by atoms with Crippen LogP contribution in [0.25, 0.3) is 0 Å². The first-order valence-electron chi connectivity index (χ1n) is 6.30. The van der Waals surface area contributed by atoms with Gasteiger partial charge >= 0.3 is 5.97 Å². The second-order valence-electron chi connectivity index (χ2n) is 4.96. The van der Waals surface area contributed by atoms with Gasteiger partial charge in [-0.3, -0.25) is 9.59 Å². The van der Waals surface area contributed by atoms with Crippen LogP contribution in [0.15, 0.2) is 0 Å². The topological polar surface area (TPSA) is 95.9 Å². The van der Waals surface area contributed by atoms with Crippen molar-refractivity contribution < 1.29 is 24.2 Å². The molecular weight excluding hydrogens is 284 g/mol. The van der Waals surface area contributed by atoms with Crippen molar-refractivity contribution in [3.8, 4) is 0 Å². The molecule has 0 spiro atoms. The number of thioether (sulfide) groups is 1. The number of nitrogens with zero attached hydrogens (tertiary/aromatic N) is 1. The van der Waals surface area contributed by atoms with Crippen molar-refractivity contribution in [1.29, 1.82) is 0 Å². The molecule has 7 nitrogen and oxygen atoms in total. The Morgan fingerprint density at radius 1 is 1.25 bits per heavy atom. The Morgan fingerprint density at radius 3 is 2.40 bits per heavy atom. The van der Waals surface area contributed by atoms with Crippen LogP contribution >= 0.6 is 11.8 Å². The molecule has 114 valence electrons. The molecule has 0 bridgehead atoms. The van der Waals surface area contributed by atoms with Crippen LogP contribution in [-0.4, -0.2) is 71.1 Å². The minimum absolute atomic E-state index is 0.0244. The van der Waals surface area contributed by atoms with Gasteiger partial charge in [0.15, 0.2) is 0 Å². The molecule has 0 atom stereocenters. The number of carboxylic acid groups (broad SMARTS) is 1. The number of hydrogen-bond acceptors (Lipinski definition) is 5. The van der Waals surface area contributed by atoms with Gasteiger partial charge < -0.3 is 20.1 Å². The molecule has 1 saturated heterocycles. The summed E-state index contributed by atoms with van der Waals surface area (Å²) < 4.78 is 5.15. The van der Waals surface area contributed by atoms with E-state index in [1.165, 1.54) is 25.6 Å². The summed E-state index contributed by atoms with van der Waals surface area (Å²) in [7, 11) is 0. The molecule has 0 aromatic carbocycles. The number of carbonyl (C=O) groups is 3. The lowest BCUT2D eigenvalue weighted by molar-refractivity contribution is -0.145. The maximum absolute atomic E-state index is 11.8. The normalized spacial score (nSPS) is 15.8. The van der Waals surface area contributed by atoms with Crippen molar-refractivity contribution in [2.75, 3.05) is 37.8 Å². The third kappa shape index (κ3) is 5.38. The van der Waals surface area contributed by atoms with Crippen molar-refractivity contribution >= 4 is 29.5 Å². The predicted octanol–water partition coefficient (Wildman–Crippen LogP) is -0.442. The number of nitrogens with one attached hydrogen (secondary N) is 1. The van der Waals surface area contributed by atoms with E-state index < -0.39 is 17.4 Å². The summed E-state index contributed by atoms with van der Waals surface area (Å²) in [6.45, 7) is 5.08. The van der Waals surface area contributed by atoms with Crippen LogP contribution in [-0.2, 0) is 19.1 Å². The van der Waals surface area contributed by atoms with Gasteiger partial charge in [0.1, 0.15) is 5.54 Å². The van der Waals surface area contributed by atoms with Crippen LogP contribution in [0.2, 0.25) is 0 Å². The Balaban J connectivity index is 2.24. The number of amides is 2. The molecule has 1 fully saturated rings. The van der Waals surface area contributed by atoms with Crippen molar-refractivity contribution in [3.05, 3.63) is 0 Å². The fourth-order valence-electron chi connectivity index (χ4n) is 1.57. The maximum atomic E-state index is 11.8. The van der Waals surface area contributed by atoms with Crippen LogP contribution < -0.4 is 5.32 Å². The Labute approximate surface area is 122 Å². The van der Waals surface area contributed by atoms with Gasteiger partial charge in [0.05, 0.1) is 24.7 Å². The predicted molar refractivity (Wildman–Crippen MR) is 74.6 cm³/mol. The molecule has 0 saturated carbocycles. The molecule has 0 aromatic rings. The van der Waals surface area contributed by atoms with Gasteiger partial charge in [0.2, 0.25) is 11.8 Å². The number of hydrogen-bond donors (Lipinski definition) is 2. The largest absolute Gasteiger partial charge is 0.480 e. The average molecular weight is 304 g/mol. The first kappa shape index (κ1) is 16.8. The van der Waals surface area contributed by atoms with Crippen LogP contribution in [0, 0.1) is 0 Å². The van der Waals surface area contributed by atoms with Gasteiger partial charge in [-0.1, -0.05) is 0 Å².